The van der Waals surface area contributed by atoms with Gasteiger partial charge < -0.3 is 4.57 Å². The average Bonchev–Trinajstić information content (AvgIpc) is 3.25. The molecule has 0 atom stereocenters. The molecular weight excluding hydrogens is 391 g/mol. The monoisotopic (exact) mass is 414 g/mol. The first-order chi connectivity index (χ1) is 15.1. The highest BCUT2D eigenvalue weighted by Gasteiger charge is 2.21. The Bertz CT molecular complexity index is 1280. The first kappa shape index (κ1) is 19.5. The number of pyridine rings is 1. The maximum Gasteiger partial charge on any atom is 0.258 e. The molecule has 4 aromatic rings. The van der Waals surface area contributed by atoms with E-state index in [1.165, 1.54) is 17.7 Å². The van der Waals surface area contributed by atoms with E-state index in [9.17, 15) is 9.18 Å². The van der Waals surface area contributed by atoms with Gasteiger partial charge in [-0.1, -0.05) is 30.3 Å². The predicted octanol–water partition coefficient (Wildman–Crippen LogP) is 3.94. The maximum absolute atomic E-state index is 13.2. The normalized spacial score (nSPS) is 13.9. The fourth-order valence-electron chi connectivity index (χ4n) is 4.28. The number of hydrogen-bond acceptors (Lipinski definition) is 3. The average molecular weight is 414 g/mol. The summed E-state index contributed by atoms with van der Waals surface area (Å²) >= 11 is 0. The van der Waals surface area contributed by atoms with E-state index in [0.717, 1.165) is 54.1 Å². The third-order valence-corrected chi connectivity index (χ3v) is 5.91. The second-order valence-corrected chi connectivity index (χ2v) is 7.99. The van der Waals surface area contributed by atoms with Crippen molar-refractivity contribution in [1.82, 2.24) is 19.2 Å². The van der Waals surface area contributed by atoms with Gasteiger partial charge in [-0.2, -0.15) is 5.10 Å². The van der Waals surface area contributed by atoms with Crippen LogP contribution in [0.25, 0.3) is 16.8 Å². The number of nitrogens with zero attached hydrogens (tertiary/aromatic N) is 4. The Morgan fingerprint density at radius 1 is 1.06 bits per heavy atom. The van der Waals surface area contributed by atoms with Crippen molar-refractivity contribution < 1.29 is 4.39 Å². The number of halogens is 1. The molecule has 2 aromatic carbocycles. The van der Waals surface area contributed by atoms with Gasteiger partial charge in [0, 0.05) is 56.1 Å². The molecule has 6 heteroatoms. The van der Waals surface area contributed by atoms with Crippen LogP contribution in [0.1, 0.15) is 16.8 Å². The second-order valence-electron chi connectivity index (χ2n) is 7.99. The van der Waals surface area contributed by atoms with Gasteiger partial charge in [0.15, 0.2) is 0 Å². The van der Waals surface area contributed by atoms with Crippen molar-refractivity contribution in [2.45, 2.75) is 19.5 Å². The Morgan fingerprint density at radius 2 is 1.84 bits per heavy atom. The highest BCUT2D eigenvalue weighted by molar-refractivity contribution is 5.63. The quantitative estimate of drug-likeness (QED) is 0.508. The molecule has 0 bridgehead atoms. The van der Waals surface area contributed by atoms with E-state index in [4.69, 9.17) is 0 Å². The molecule has 0 fully saturated rings. The molecule has 1 aliphatic rings. The van der Waals surface area contributed by atoms with Crippen molar-refractivity contribution in [3.05, 3.63) is 106 Å². The first-order valence-corrected chi connectivity index (χ1v) is 10.4. The number of rotatable bonds is 4. The minimum atomic E-state index is -0.257. The van der Waals surface area contributed by atoms with Crippen molar-refractivity contribution in [1.29, 1.82) is 0 Å². The summed E-state index contributed by atoms with van der Waals surface area (Å²) in [5.74, 6) is -0.257. The molecule has 0 saturated carbocycles. The zero-order valence-corrected chi connectivity index (χ0v) is 17.3. The molecule has 0 aliphatic carbocycles. The van der Waals surface area contributed by atoms with Crippen LogP contribution < -0.4 is 5.56 Å². The molecule has 0 amide bonds. The summed E-state index contributed by atoms with van der Waals surface area (Å²) in [7, 11) is 1.87. The first-order valence-electron chi connectivity index (χ1n) is 10.4. The van der Waals surface area contributed by atoms with E-state index in [2.05, 4.69) is 16.1 Å². The van der Waals surface area contributed by atoms with Crippen molar-refractivity contribution in [2.75, 3.05) is 6.54 Å². The molecule has 1 aliphatic heterocycles. The van der Waals surface area contributed by atoms with Crippen LogP contribution in [0, 0.1) is 5.82 Å². The Balaban J connectivity index is 1.38. The summed E-state index contributed by atoms with van der Waals surface area (Å²) in [6, 6.07) is 18.2. The molecule has 0 unspecified atom stereocenters. The van der Waals surface area contributed by atoms with Crippen LogP contribution in [-0.4, -0.2) is 25.8 Å². The van der Waals surface area contributed by atoms with Crippen molar-refractivity contribution >= 4 is 0 Å². The molecule has 0 N–H and O–H groups in total. The maximum atomic E-state index is 13.2. The van der Waals surface area contributed by atoms with Gasteiger partial charge in [-0.05, 0) is 41.5 Å². The van der Waals surface area contributed by atoms with E-state index in [-0.39, 0.29) is 11.4 Å². The number of benzene rings is 2. The van der Waals surface area contributed by atoms with Gasteiger partial charge in [0.25, 0.3) is 5.56 Å². The summed E-state index contributed by atoms with van der Waals surface area (Å²) < 4.78 is 16.7. The lowest BCUT2D eigenvalue weighted by molar-refractivity contribution is 0.241. The number of fused-ring (bicyclic) bond motifs is 1. The zero-order chi connectivity index (χ0) is 21.4. The highest BCUT2D eigenvalue weighted by atomic mass is 19.1. The lowest BCUT2D eigenvalue weighted by Gasteiger charge is -2.30. The highest BCUT2D eigenvalue weighted by Crippen LogP contribution is 2.24. The minimum Gasteiger partial charge on any atom is -0.315 e. The van der Waals surface area contributed by atoms with Crippen LogP contribution in [0.3, 0.4) is 0 Å². The summed E-state index contributed by atoms with van der Waals surface area (Å²) in [4.78, 5) is 15.3. The van der Waals surface area contributed by atoms with Crippen molar-refractivity contribution in [3.8, 4) is 16.8 Å². The fraction of sp³-hybridized carbons (Fsp3) is 0.200. The SMILES string of the molecule is Cn1c2c(cc(-c3ccccc3)c1=O)CN(Cc1cnn(-c3ccc(F)cc3)c1)CC2. The van der Waals surface area contributed by atoms with Crippen LogP contribution >= 0.6 is 0 Å². The van der Waals surface area contributed by atoms with Gasteiger partial charge in [0.1, 0.15) is 5.82 Å². The molecule has 3 heterocycles. The zero-order valence-electron chi connectivity index (χ0n) is 17.3. The van der Waals surface area contributed by atoms with Gasteiger partial charge in [-0.25, -0.2) is 9.07 Å². The molecule has 2 aromatic heterocycles. The van der Waals surface area contributed by atoms with Gasteiger partial charge in [0.2, 0.25) is 0 Å². The molecule has 156 valence electrons. The van der Waals surface area contributed by atoms with Gasteiger partial charge >= 0.3 is 0 Å². The van der Waals surface area contributed by atoms with Gasteiger partial charge in [0.05, 0.1) is 11.9 Å². The van der Waals surface area contributed by atoms with E-state index in [1.54, 1.807) is 16.8 Å². The summed E-state index contributed by atoms with van der Waals surface area (Å²) in [5, 5.41) is 4.43. The fourth-order valence-corrected chi connectivity index (χ4v) is 4.28. The topological polar surface area (TPSA) is 43.1 Å². The molecule has 0 radical (unpaired) electrons. The van der Waals surface area contributed by atoms with Crippen LogP contribution in [0.5, 0.6) is 0 Å². The lowest BCUT2D eigenvalue weighted by atomic mass is 9.99. The lowest BCUT2D eigenvalue weighted by Crippen LogP contribution is -2.35. The van der Waals surface area contributed by atoms with Crippen LogP contribution in [0.2, 0.25) is 0 Å². The van der Waals surface area contributed by atoms with Crippen LogP contribution in [-0.2, 0) is 26.6 Å². The van der Waals surface area contributed by atoms with Gasteiger partial charge in [-0.3, -0.25) is 9.69 Å². The Labute approximate surface area is 180 Å². The number of aromatic nitrogens is 3. The third kappa shape index (κ3) is 3.82. The second kappa shape index (κ2) is 7.96. The summed E-state index contributed by atoms with van der Waals surface area (Å²) in [6.07, 6.45) is 4.68. The molecule has 0 saturated heterocycles. The largest absolute Gasteiger partial charge is 0.315 e. The van der Waals surface area contributed by atoms with Gasteiger partial charge in [-0.15, -0.1) is 0 Å². The Kier molecular flexibility index (Phi) is 5.00. The molecule has 31 heavy (non-hydrogen) atoms. The van der Waals surface area contributed by atoms with Crippen molar-refractivity contribution in [2.24, 2.45) is 7.05 Å². The molecular formula is C25H23FN4O. The Hall–Kier alpha value is -3.51. The summed E-state index contributed by atoms with van der Waals surface area (Å²) in [5.41, 5.74) is 5.98. The smallest absolute Gasteiger partial charge is 0.258 e. The number of hydrogen-bond donors (Lipinski definition) is 0. The van der Waals surface area contributed by atoms with E-state index < -0.39 is 0 Å². The Morgan fingerprint density at radius 3 is 2.61 bits per heavy atom. The van der Waals surface area contributed by atoms with Crippen LogP contribution in [0.15, 0.2) is 77.9 Å². The predicted molar refractivity (Wildman–Crippen MR) is 118 cm³/mol. The third-order valence-electron chi connectivity index (χ3n) is 5.91. The molecule has 5 nitrogen and oxygen atoms in total. The van der Waals surface area contributed by atoms with E-state index in [0.29, 0.717) is 0 Å². The molecule has 0 spiro atoms. The van der Waals surface area contributed by atoms with E-state index in [1.807, 2.05) is 54.3 Å². The molecule has 5 rings (SSSR count). The minimum absolute atomic E-state index is 0.0546. The summed E-state index contributed by atoms with van der Waals surface area (Å²) in [6.45, 7) is 2.43. The standard InChI is InChI=1S/C25H23FN4O/c1-28-24-11-12-29(15-18-14-27-30(16-18)22-9-7-21(26)8-10-22)17-20(24)13-23(25(28)31)19-5-3-2-4-6-19/h2-10,13-14,16H,11-12,15,17H2,1H3. The van der Waals surface area contributed by atoms with Crippen molar-refractivity contribution in [3.63, 3.8) is 0 Å². The van der Waals surface area contributed by atoms with E-state index >= 15 is 0 Å². The van der Waals surface area contributed by atoms with Crippen LogP contribution in [0.4, 0.5) is 4.39 Å².